The maximum Gasteiger partial charge on any atom is 0.222 e. The second-order valence-electron chi connectivity index (χ2n) is 8.46. The zero-order valence-electron chi connectivity index (χ0n) is 17.5. The normalized spacial score (nSPS) is 20.4. The molecule has 0 radical (unpaired) electrons. The first kappa shape index (κ1) is 21.1. The molecule has 1 unspecified atom stereocenters. The number of amides is 1. The van der Waals surface area contributed by atoms with Crippen molar-refractivity contribution in [3.05, 3.63) is 59.2 Å². The van der Waals surface area contributed by atoms with Crippen LogP contribution in [-0.4, -0.2) is 60.0 Å². The van der Waals surface area contributed by atoms with E-state index in [0.29, 0.717) is 18.2 Å². The monoisotopic (exact) mass is 426 g/mol. The lowest BCUT2D eigenvalue weighted by molar-refractivity contribution is -0.131. The number of piperidine rings is 1. The van der Waals surface area contributed by atoms with Gasteiger partial charge in [0.2, 0.25) is 5.91 Å². The van der Waals surface area contributed by atoms with Gasteiger partial charge in [-0.15, -0.1) is 0 Å². The van der Waals surface area contributed by atoms with E-state index in [0.717, 1.165) is 63.1 Å². The third kappa shape index (κ3) is 5.73. The van der Waals surface area contributed by atoms with Crippen molar-refractivity contribution in [2.24, 2.45) is 5.92 Å². The van der Waals surface area contributed by atoms with Gasteiger partial charge in [-0.05, 0) is 61.6 Å². The standard InChI is InChI=1S/C24H31ClN4O/c25-22-9-6-21(7-10-22)19-27-13-3-4-20(18-27)8-11-24(30)29-16-14-28(15-17-29)23-5-1-2-12-26-23/h1-2,5-7,9-10,12,20H,3-4,8,11,13-19H2. The highest BCUT2D eigenvalue weighted by molar-refractivity contribution is 6.30. The number of rotatable bonds is 6. The highest BCUT2D eigenvalue weighted by Gasteiger charge is 2.24. The molecule has 2 aromatic rings. The Morgan fingerprint density at radius 2 is 1.83 bits per heavy atom. The van der Waals surface area contributed by atoms with E-state index in [1.807, 2.05) is 41.4 Å². The minimum atomic E-state index is 0.311. The summed E-state index contributed by atoms with van der Waals surface area (Å²) in [7, 11) is 0. The number of nitrogens with zero attached hydrogens (tertiary/aromatic N) is 4. The van der Waals surface area contributed by atoms with Crippen molar-refractivity contribution in [1.29, 1.82) is 0 Å². The molecule has 0 aliphatic carbocycles. The minimum absolute atomic E-state index is 0.311. The Hall–Kier alpha value is -2.11. The number of hydrogen-bond donors (Lipinski definition) is 0. The van der Waals surface area contributed by atoms with Crippen molar-refractivity contribution in [2.45, 2.75) is 32.2 Å². The van der Waals surface area contributed by atoms with E-state index in [9.17, 15) is 4.79 Å². The number of benzene rings is 1. The molecule has 2 aliphatic heterocycles. The molecule has 1 amide bonds. The lowest BCUT2D eigenvalue weighted by atomic mass is 9.92. The number of carbonyl (C=O) groups excluding carboxylic acids is 1. The second kappa shape index (κ2) is 10.3. The van der Waals surface area contributed by atoms with Crippen LogP contribution in [0, 0.1) is 5.92 Å². The third-order valence-corrected chi connectivity index (χ3v) is 6.55. The summed E-state index contributed by atoms with van der Waals surface area (Å²) >= 11 is 6.00. The Labute approximate surface area is 184 Å². The van der Waals surface area contributed by atoms with Crippen LogP contribution < -0.4 is 4.90 Å². The molecule has 0 saturated carbocycles. The van der Waals surface area contributed by atoms with Crippen LogP contribution in [0.15, 0.2) is 48.7 Å². The second-order valence-corrected chi connectivity index (χ2v) is 8.90. The number of carbonyl (C=O) groups is 1. The Morgan fingerprint density at radius 3 is 2.57 bits per heavy atom. The number of aromatic nitrogens is 1. The van der Waals surface area contributed by atoms with E-state index in [4.69, 9.17) is 11.6 Å². The zero-order valence-corrected chi connectivity index (χ0v) is 18.3. The van der Waals surface area contributed by atoms with E-state index in [1.54, 1.807) is 0 Å². The van der Waals surface area contributed by atoms with Gasteiger partial charge in [0.25, 0.3) is 0 Å². The predicted molar refractivity (Wildman–Crippen MR) is 122 cm³/mol. The summed E-state index contributed by atoms with van der Waals surface area (Å²) in [6.07, 6.45) is 5.94. The maximum absolute atomic E-state index is 12.8. The fourth-order valence-corrected chi connectivity index (χ4v) is 4.72. The number of anilines is 1. The van der Waals surface area contributed by atoms with Gasteiger partial charge in [-0.3, -0.25) is 9.69 Å². The van der Waals surface area contributed by atoms with Crippen molar-refractivity contribution in [3.63, 3.8) is 0 Å². The van der Waals surface area contributed by atoms with Gasteiger partial charge >= 0.3 is 0 Å². The topological polar surface area (TPSA) is 39.7 Å². The number of pyridine rings is 1. The van der Waals surface area contributed by atoms with Gasteiger partial charge in [0.05, 0.1) is 0 Å². The third-order valence-electron chi connectivity index (χ3n) is 6.29. The molecule has 160 valence electrons. The minimum Gasteiger partial charge on any atom is -0.353 e. The van der Waals surface area contributed by atoms with Gasteiger partial charge in [0.1, 0.15) is 5.82 Å². The predicted octanol–water partition coefficient (Wildman–Crippen LogP) is 4.08. The van der Waals surface area contributed by atoms with E-state index < -0.39 is 0 Å². The van der Waals surface area contributed by atoms with Crippen molar-refractivity contribution in [1.82, 2.24) is 14.8 Å². The van der Waals surface area contributed by atoms with Gasteiger partial charge in [0, 0.05) is 56.9 Å². The fourth-order valence-electron chi connectivity index (χ4n) is 4.59. The maximum atomic E-state index is 12.8. The highest BCUT2D eigenvalue weighted by Crippen LogP contribution is 2.23. The van der Waals surface area contributed by atoms with Gasteiger partial charge in [0.15, 0.2) is 0 Å². The zero-order chi connectivity index (χ0) is 20.8. The Balaban J connectivity index is 1.20. The van der Waals surface area contributed by atoms with Gasteiger partial charge in [-0.2, -0.15) is 0 Å². The molecule has 2 fully saturated rings. The van der Waals surface area contributed by atoms with Crippen molar-refractivity contribution >= 4 is 23.3 Å². The molecule has 4 rings (SSSR count). The Bertz CT molecular complexity index is 806. The summed E-state index contributed by atoms with van der Waals surface area (Å²) in [6, 6.07) is 14.1. The first-order valence-corrected chi connectivity index (χ1v) is 11.5. The van der Waals surface area contributed by atoms with Crippen LogP contribution in [0.2, 0.25) is 5.02 Å². The van der Waals surface area contributed by atoms with E-state index >= 15 is 0 Å². The SMILES string of the molecule is O=C(CCC1CCCN(Cc2ccc(Cl)cc2)C1)N1CCN(c2ccccn2)CC1. The number of piperazine rings is 1. The summed E-state index contributed by atoms with van der Waals surface area (Å²) in [4.78, 5) is 24.0. The van der Waals surface area contributed by atoms with Crippen LogP contribution in [0.25, 0.3) is 0 Å². The van der Waals surface area contributed by atoms with Crippen LogP contribution in [0.3, 0.4) is 0 Å². The molecule has 2 saturated heterocycles. The number of hydrogen-bond acceptors (Lipinski definition) is 4. The van der Waals surface area contributed by atoms with Crippen LogP contribution in [0.1, 0.15) is 31.2 Å². The van der Waals surface area contributed by atoms with Crippen molar-refractivity contribution in [2.75, 3.05) is 44.2 Å². The molecule has 5 nitrogen and oxygen atoms in total. The Morgan fingerprint density at radius 1 is 1.03 bits per heavy atom. The average molecular weight is 427 g/mol. The molecule has 6 heteroatoms. The largest absolute Gasteiger partial charge is 0.353 e. The molecule has 2 aliphatic rings. The van der Waals surface area contributed by atoms with Gasteiger partial charge in [-0.1, -0.05) is 29.8 Å². The molecule has 0 bridgehead atoms. The molecule has 1 aromatic carbocycles. The van der Waals surface area contributed by atoms with E-state index in [2.05, 4.69) is 26.9 Å². The first-order valence-electron chi connectivity index (χ1n) is 11.1. The lowest BCUT2D eigenvalue weighted by Gasteiger charge is -2.36. The molecular weight excluding hydrogens is 396 g/mol. The average Bonchev–Trinajstić information content (AvgIpc) is 2.80. The summed E-state index contributed by atoms with van der Waals surface area (Å²) in [6.45, 7) is 6.51. The molecule has 0 N–H and O–H groups in total. The molecule has 1 atom stereocenters. The number of likely N-dealkylation sites (tertiary alicyclic amines) is 1. The van der Waals surface area contributed by atoms with E-state index in [-0.39, 0.29) is 0 Å². The molecule has 0 spiro atoms. The molecule has 1 aromatic heterocycles. The first-order chi connectivity index (χ1) is 14.7. The summed E-state index contributed by atoms with van der Waals surface area (Å²) in [5.41, 5.74) is 1.31. The van der Waals surface area contributed by atoms with Gasteiger partial charge < -0.3 is 9.80 Å². The smallest absolute Gasteiger partial charge is 0.222 e. The summed E-state index contributed by atoms with van der Waals surface area (Å²) in [5, 5.41) is 0.787. The van der Waals surface area contributed by atoms with Crippen molar-refractivity contribution in [3.8, 4) is 0 Å². The molecular formula is C24H31ClN4O. The highest BCUT2D eigenvalue weighted by atomic mass is 35.5. The fraction of sp³-hybridized carbons (Fsp3) is 0.500. The quantitative estimate of drug-likeness (QED) is 0.697. The van der Waals surface area contributed by atoms with Crippen molar-refractivity contribution < 1.29 is 4.79 Å². The van der Waals surface area contributed by atoms with Crippen LogP contribution in [0.4, 0.5) is 5.82 Å². The van der Waals surface area contributed by atoms with Crippen LogP contribution in [0.5, 0.6) is 0 Å². The van der Waals surface area contributed by atoms with Crippen LogP contribution >= 0.6 is 11.6 Å². The molecule has 30 heavy (non-hydrogen) atoms. The van der Waals surface area contributed by atoms with Crippen LogP contribution in [-0.2, 0) is 11.3 Å². The van der Waals surface area contributed by atoms with E-state index in [1.165, 1.54) is 18.4 Å². The lowest BCUT2D eigenvalue weighted by Crippen LogP contribution is -2.49. The number of halogens is 1. The Kier molecular flexibility index (Phi) is 7.24. The van der Waals surface area contributed by atoms with Gasteiger partial charge in [-0.25, -0.2) is 4.98 Å². The molecule has 3 heterocycles. The summed E-state index contributed by atoms with van der Waals surface area (Å²) < 4.78 is 0. The summed E-state index contributed by atoms with van der Waals surface area (Å²) in [5.74, 6) is 1.93.